The van der Waals surface area contributed by atoms with Crippen LogP contribution < -0.4 is 5.32 Å². The zero-order chi connectivity index (χ0) is 17.2. The second kappa shape index (κ2) is 5.44. The van der Waals surface area contributed by atoms with E-state index in [2.05, 4.69) is 11.4 Å². The Bertz CT molecular complexity index is 613. The van der Waals surface area contributed by atoms with Crippen molar-refractivity contribution >= 4 is 5.91 Å². The van der Waals surface area contributed by atoms with Gasteiger partial charge in [0.25, 0.3) is 0 Å². The van der Waals surface area contributed by atoms with E-state index >= 15 is 0 Å². The highest BCUT2D eigenvalue weighted by Gasteiger charge is 2.57. The lowest BCUT2D eigenvalue weighted by molar-refractivity contribution is -0.143. The predicted molar refractivity (Wildman–Crippen MR) is 92.4 cm³/mol. The second-order valence-electron chi connectivity index (χ2n) is 9.74. The monoisotopic (exact) mass is 343 g/mol. The summed E-state index contributed by atoms with van der Waals surface area (Å²) in [4.78, 5) is 14.6. The molecule has 6 aliphatic rings. The van der Waals surface area contributed by atoms with E-state index in [9.17, 15) is 15.2 Å². The summed E-state index contributed by atoms with van der Waals surface area (Å²) in [5.74, 6) is 1.87. The molecule has 136 valence electrons. The smallest absolute Gasteiger partial charge is 0.225 e. The molecule has 5 nitrogen and oxygen atoms in total. The first-order valence-corrected chi connectivity index (χ1v) is 10.2. The van der Waals surface area contributed by atoms with E-state index in [1.165, 1.54) is 6.42 Å². The molecule has 0 spiro atoms. The predicted octanol–water partition coefficient (Wildman–Crippen LogP) is 1.95. The Balaban J connectivity index is 1.20. The van der Waals surface area contributed by atoms with E-state index < -0.39 is 5.60 Å². The molecule has 0 aromatic heterocycles. The van der Waals surface area contributed by atoms with Crippen molar-refractivity contribution in [2.45, 2.75) is 87.4 Å². The molecule has 0 aromatic rings. The summed E-state index contributed by atoms with van der Waals surface area (Å²) in [6.07, 6.45) is 10.1. The maximum atomic E-state index is 12.7. The normalized spacial score (nSPS) is 49.6. The summed E-state index contributed by atoms with van der Waals surface area (Å²) >= 11 is 0. The second-order valence-corrected chi connectivity index (χ2v) is 9.74. The lowest BCUT2D eigenvalue weighted by Crippen LogP contribution is -2.64. The number of carbonyl (C=O) groups is 1. The van der Waals surface area contributed by atoms with Crippen LogP contribution in [-0.4, -0.2) is 45.7 Å². The number of aliphatic hydroxyl groups is 1. The van der Waals surface area contributed by atoms with Crippen LogP contribution in [-0.2, 0) is 4.79 Å². The average Bonchev–Trinajstić information content (AvgIpc) is 3.12. The molecule has 5 atom stereocenters. The zero-order valence-corrected chi connectivity index (χ0v) is 14.9. The lowest BCUT2D eigenvalue weighted by atomic mass is 9.51. The van der Waals surface area contributed by atoms with Crippen molar-refractivity contribution < 1.29 is 9.90 Å². The molecule has 25 heavy (non-hydrogen) atoms. The van der Waals surface area contributed by atoms with Gasteiger partial charge in [-0.2, -0.15) is 5.26 Å². The fourth-order valence-corrected chi connectivity index (χ4v) is 7.50. The first-order chi connectivity index (χ1) is 12.0. The summed E-state index contributed by atoms with van der Waals surface area (Å²) in [5.41, 5.74) is -0.404. The van der Waals surface area contributed by atoms with Gasteiger partial charge in [-0.05, 0) is 75.5 Å². The number of carbonyl (C=O) groups excluding carboxylic acids is 1. The van der Waals surface area contributed by atoms with Gasteiger partial charge in [0.2, 0.25) is 5.91 Å². The Kier molecular flexibility index (Phi) is 3.50. The average molecular weight is 343 g/mol. The van der Waals surface area contributed by atoms with Crippen LogP contribution in [0, 0.1) is 29.1 Å². The van der Waals surface area contributed by atoms with Crippen molar-refractivity contribution in [3.8, 4) is 6.07 Å². The van der Waals surface area contributed by atoms with Gasteiger partial charge in [-0.25, -0.2) is 0 Å². The Morgan fingerprint density at radius 3 is 2.64 bits per heavy atom. The number of nitriles is 1. The molecule has 1 saturated heterocycles. The Morgan fingerprint density at radius 2 is 1.96 bits per heavy atom. The van der Waals surface area contributed by atoms with Crippen LogP contribution in [0.2, 0.25) is 0 Å². The summed E-state index contributed by atoms with van der Waals surface area (Å²) < 4.78 is 0. The summed E-state index contributed by atoms with van der Waals surface area (Å²) in [7, 11) is 0. The minimum absolute atomic E-state index is 0.0533. The van der Waals surface area contributed by atoms with Crippen LogP contribution in [0.4, 0.5) is 0 Å². The molecule has 5 saturated carbocycles. The summed E-state index contributed by atoms with van der Waals surface area (Å²) in [5, 5.41) is 24.0. The van der Waals surface area contributed by atoms with Crippen LogP contribution in [0.5, 0.6) is 0 Å². The van der Waals surface area contributed by atoms with Gasteiger partial charge >= 0.3 is 0 Å². The standard InChI is InChI=1S/C20H29N3O2/c21-11-17-15-1-2-16(6-15)23(17)18(24)3-4-22-19-7-13-5-14(8-19)10-20(25,9-13)12-19/h13-17,22,25H,1-10,12H2/t13?,14?,15?,16?,17-,19?,20?/m1/s1. The van der Waals surface area contributed by atoms with Crippen molar-refractivity contribution in [1.82, 2.24) is 10.2 Å². The molecule has 6 fully saturated rings. The fourth-order valence-electron chi connectivity index (χ4n) is 7.50. The molecule has 0 aromatic carbocycles. The summed E-state index contributed by atoms with van der Waals surface area (Å²) in [6.45, 7) is 0.681. The number of rotatable bonds is 4. The quantitative estimate of drug-likeness (QED) is 0.818. The van der Waals surface area contributed by atoms with E-state index in [-0.39, 0.29) is 17.5 Å². The Labute approximate surface area is 149 Å². The number of likely N-dealkylation sites (tertiary alicyclic amines) is 1. The molecule has 5 heteroatoms. The fraction of sp³-hybridized carbons (Fsp3) is 0.900. The van der Waals surface area contributed by atoms with Crippen LogP contribution in [0.3, 0.4) is 0 Å². The van der Waals surface area contributed by atoms with Gasteiger partial charge in [0, 0.05) is 24.5 Å². The van der Waals surface area contributed by atoms with Gasteiger partial charge in [0.15, 0.2) is 0 Å². The molecule has 4 unspecified atom stereocenters. The van der Waals surface area contributed by atoms with E-state index in [0.29, 0.717) is 36.8 Å². The van der Waals surface area contributed by atoms with Gasteiger partial charge in [-0.3, -0.25) is 4.79 Å². The Morgan fingerprint density at radius 1 is 1.20 bits per heavy atom. The van der Waals surface area contributed by atoms with Crippen molar-refractivity contribution in [3.05, 3.63) is 0 Å². The van der Waals surface area contributed by atoms with Crippen LogP contribution in [0.1, 0.15) is 64.2 Å². The molecule has 6 rings (SSSR count). The Hall–Kier alpha value is -1.12. The largest absolute Gasteiger partial charge is 0.390 e. The SMILES string of the molecule is N#C[C@@H]1C2CCC(C2)N1C(=O)CCNC12CC3CC(CC(O)(C3)C1)C2. The zero-order valence-electron chi connectivity index (χ0n) is 14.9. The molecule has 1 heterocycles. The van der Waals surface area contributed by atoms with Crippen molar-refractivity contribution in [2.75, 3.05) is 6.54 Å². The van der Waals surface area contributed by atoms with Crippen molar-refractivity contribution in [1.29, 1.82) is 5.26 Å². The number of hydrogen-bond acceptors (Lipinski definition) is 4. The van der Waals surface area contributed by atoms with E-state index in [0.717, 1.165) is 51.4 Å². The molecular formula is C20H29N3O2. The minimum Gasteiger partial charge on any atom is -0.390 e. The number of fused-ring (bicyclic) bond motifs is 2. The highest BCUT2D eigenvalue weighted by Crippen LogP contribution is 2.57. The van der Waals surface area contributed by atoms with Crippen LogP contribution in [0.25, 0.3) is 0 Å². The number of piperidine rings is 1. The highest BCUT2D eigenvalue weighted by molar-refractivity contribution is 5.78. The lowest BCUT2D eigenvalue weighted by Gasteiger charge is -2.60. The molecule has 6 bridgehead atoms. The summed E-state index contributed by atoms with van der Waals surface area (Å²) in [6, 6.07) is 2.49. The van der Waals surface area contributed by atoms with Gasteiger partial charge < -0.3 is 15.3 Å². The van der Waals surface area contributed by atoms with Gasteiger partial charge in [0.05, 0.1) is 11.7 Å². The molecular weight excluding hydrogens is 314 g/mol. The van der Waals surface area contributed by atoms with E-state index in [1.807, 2.05) is 4.90 Å². The first-order valence-electron chi connectivity index (χ1n) is 10.2. The topological polar surface area (TPSA) is 76.4 Å². The molecule has 0 radical (unpaired) electrons. The van der Waals surface area contributed by atoms with Crippen LogP contribution in [0.15, 0.2) is 0 Å². The minimum atomic E-state index is -0.457. The van der Waals surface area contributed by atoms with Crippen LogP contribution >= 0.6 is 0 Å². The molecule has 1 aliphatic heterocycles. The maximum absolute atomic E-state index is 12.7. The maximum Gasteiger partial charge on any atom is 0.225 e. The third-order valence-corrected chi connectivity index (χ3v) is 7.87. The number of nitrogens with zero attached hydrogens (tertiary/aromatic N) is 2. The van der Waals surface area contributed by atoms with E-state index in [1.54, 1.807) is 0 Å². The van der Waals surface area contributed by atoms with Crippen molar-refractivity contribution in [2.24, 2.45) is 17.8 Å². The number of hydrogen-bond donors (Lipinski definition) is 2. The number of nitrogens with one attached hydrogen (secondary N) is 1. The van der Waals surface area contributed by atoms with E-state index in [4.69, 9.17) is 0 Å². The van der Waals surface area contributed by atoms with Crippen molar-refractivity contribution in [3.63, 3.8) is 0 Å². The third-order valence-electron chi connectivity index (χ3n) is 7.87. The highest BCUT2D eigenvalue weighted by atomic mass is 16.3. The molecule has 1 amide bonds. The van der Waals surface area contributed by atoms with Gasteiger partial charge in [-0.1, -0.05) is 0 Å². The molecule has 5 aliphatic carbocycles. The molecule has 2 N–H and O–H groups in total. The van der Waals surface area contributed by atoms with Gasteiger partial charge in [0.1, 0.15) is 6.04 Å². The van der Waals surface area contributed by atoms with Gasteiger partial charge in [-0.15, -0.1) is 0 Å². The third kappa shape index (κ3) is 2.52. The first kappa shape index (κ1) is 16.1. The number of amides is 1.